The van der Waals surface area contributed by atoms with E-state index in [1.807, 2.05) is 18.2 Å². The van der Waals surface area contributed by atoms with Gasteiger partial charge in [-0.05, 0) is 36.6 Å². The highest BCUT2D eigenvalue weighted by Crippen LogP contribution is 2.36. The quantitative estimate of drug-likeness (QED) is 0.521. The van der Waals surface area contributed by atoms with Crippen LogP contribution >= 0.6 is 11.3 Å². The molecule has 3 aromatic heterocycles. The second kappa shape index (κ2) is 7.66. The number of benzene rings is 1. The number of nitrogens with zero attached hydrogens (tertiary/aromatic N) is 3. The van der Waals surface area contributed by atoms with E-state index in [0.29, 0.717) is 5.82 Å². The van der Waals surface area contributed by atoms with E-state index in [1.54, 1.807) is 23.7 Å². The highest BCUT2D eigenvalue weighted by atomic mass is 32.1. The fourth-order valence-corrected chi connectivity index (χ4v) is 4.48. The van der Waals surface area contributed by atoms with Crippen molar-refractivity contribution in [2.75, 3.05) is 18.5 Å². The molecule has 1 fully saturated rings. The third-order valence-electron chi connectivity index (χ3n) is 4.89. The molecule has 0 amide bonds. The zero-order chi connectivity index (χ0) is 18.8. The molecule has 1 N–H and O–H groups in total. The average molecular weight is 388 g/mol. The lowest BCUT2D eigenvalue weighted by atomic mass is 10.2. The number of ether oxygens (including phenoxy) is 1. The molecule has 4 aromatic rings. The molecule has 28 heavy (non-hydrogen) atoms. The summed E-state index contributed by atoms with van der Waals surface area (Å²) in [7, 11) is 0. The second-order valence-electron chi connectivity index (χ2n) is 6.85. The third kappa shape index (κ3) is 3.48. The van der Waals surface area contributed by atoms with Crippen molar-refractivity contribution >= 4 is 27.4 Å². The third-order valence-corrected chi connectivity index (χ3v) is 5.97. The van der Waals surface area contributed by atoms with E-state index in [-0.39, 0.29) is 6.10 Å². The van der Waals surface area contributed by atoms with Gasteiger partial charge in [-0.25, -0.2) is 9.97 Å². The van der Waals surface area contributed by atoms with Gasteiger partial charge in [-0.1, -0.05) is 30.3 Å². The summed E-state index contributed by atoms with van der Waals surface area (Å²) in [6, 6.07) is 16.5. The molecule has 0 bridgehead atoms. The smallest absolute Gasteiger partial charge is 0.164 e. The molecule has 0 aliphatic carbocycles. The van der Waals surface area contributed by atoms with Crippen LogP contribution in [0, 0.1) is 0 Å². The van der Waals surface area contributed by atoms with Gasteiger partial charge in [0, 0.05) is 36.0 Å². The van der Waals surface area contributed by atoms with E-state index in [1.165, 1.54) is 10.4 Å². The zero-order valence-corrected chi connectivity index (χ0v) is 16.2. The van der Waals surface area contributed by atoms with Crippen LogP contribution < -0.4 is 5.32 Å². The van der Waals surface area contributed by atoms with E-state index >= 15 is 0 Å². The summed E-state index contributed by atoms with van der Waals surface area (Å²) in [6.07, 6.45) is 6.03. The van der Waals surface area contributed by atoms with Crippen LogP contribution in [0.15, 0.2) is 60.9 Å². The Morgan fingerprint density at radius 3 is 2.75 bits per heavy atom. The molecule has 6 heteroatoms. The summed E-state index contributed by atoms with van der Waals surface area (Å²) in [5, 5.41) is 4.57. The molecule has 1 unspecified atom stereocenters. The molecule has 0 saturated carbocycles. The Kier molecular flexibility index (Phi) is 4.72. The molecule has 5 nitrogen and oxygen atoms in total. The molecule has 1 aliphatic heterocycles. The first-order valence-electron chi connectivity index (χ1n) is 9.50. The fourth-order valence-electron chi connectivity index (χ4n) is 3.44. The number of hydrogen-bond acceptors (Lipinski definition) is 6. The first kappa shape index (κ1) is 17.3. The molecule has 5 rings (SSSR count). The van der Waals surface area contributed by atoms with Crippen LogP contribution in [0.5, 0.6) is 0 Å². The van der Waals surface area contributed by atoms with Gasteiger partial charge in [0.25, 0.3) is 0 Å². The fraction of sp³-hybridized carbons (Fsp3) is 0.227. The minimum Gasteiger partial charge on any atom is -0.376 e. The van der Waals surface area contributed by atoms with E-state index in [0.717, 1.165) is 47.6 Å². The molecule has 0 radical (unpaired) electrons. The van der Waals surface area contributed by atoms with Crippen molar-refractivity contribution < 1.29 is 4.74 Å². The Bertz CT molecular complexity index is 1080. The molecular formula is C22H20N4OS. The van der Waals surface area contributed by atoms with Crippen LogP contribution in [0.1, 0.15) is 12.8 Å². The van der Waals surface area contributed by atoms with Crippen molar-refractivity contribution in [2.45, 2.75) is 18.9 Å². The highest BCUT2D eigenvalue weighted by molar-refractivity contribution is 7.21. The maximum atomic E-state index is 5.76. The number of anilines is 1. The SMILES string of the molecule is c1ccc(-c2cc3c(NCC4CCCO4)nc(-c4cccnc4)nc3s2)cc1. The van der Waals surface area contributed by atoms with E-state index in [9.17, 15) is 0 Å². The topological polar surface area (TPSA) is 59.9 Å². The minimum atomic E-state index is 0.249. The number of nitrogens with one attached hydrogen (secondary N) is 1. The van der Waals surface area contributed by atoms with Crippen molar-refractivity contribution in [3.05, 3.63) is 60.9 Å². The van der Waals surface area contributed by atoms with E-state index in [2.05, 4.69) is 40.6 Å². The molecular weight excluding hydrogens is 368 g/mol. The van der Waals surface area contributed by atoms with E-state index in [4.69, 9.17) is 14.7 Å². The van der Waals surface area contributed by atoms with Gasteiger partial charge in [0.05, 0.1) is 11.5 Å². The second-order valence-corrected chi connectivity index (χ2v) is 7.88. The number of aromatic nitrogens is 3. The van der Waals surface area contributed by atoms with Crippen LogP contribution in [0.2, 0.25) is 0 Å². The standard InChI is InChI=1S/C22H20N4OS/c1-2-6-15(7-3-1)19-12-18-21(24-14-17-9-5-11-27-17)25-20(26-22(18)28-19)16-8-4-10-23-13-16/h1-4,6-8,10,12-13,17H,5,9,11,14H2,(H,24,25,26). The summed E-state index contributed by atoms with van der Waals surface area (Å²) in [4.78, 5) is 16.0. The number of pyridine rings is 1. The Labute approximate surface area is 167 Å². The summed E-state index contributed by atoms with van der Waals surface area (Å²) in [5.41, 5.74) is 2.11. The number of fused-ring (bicyclic) bond motifs is 1. The van der Waals surface area contributed by atoms with Crippen LogP contribution in [0.25, 0.3) is 32.0 Å². The average Bonchev–Trinajstić information content (AvgIpc) is 3.43. The van der Waals surface area contributed by atoms with Crippen molar-refractivity contribution in [1.82, 2.24) is 15.0 Å². The van der Waals surface area contributed by atoms with Crippen molar-refractivity contribution in [2.24, 2.45) is 0 Å². The lowest BCUT2D eigenvalue weighted by Crippen LogP contribution is -2.19. The molecule has 4 heterocycles. The highest BCUT2D eigenvalue weighted by Gasteiger charge is 2.18. The lowest BCUT2D eigenvalue weighted by Gasteiger charge is -2.12. The Balaban J connectivity index is 1.58. The van der Waals surface area contributed by atoms with Crippen molar-refractivity contribution in [1.29, 1.82) is 0 Å². The van der Waals surface area contributed by atoms with Crippen LogP contribution in [0.3, 0.4) is 0 Å². The molecule has 1 saturated heterocycles. The van der Waals surface area contributed by atoms with Gasteiger partial charge in [0.2, 0.25) is 0 Å². The van der Waals surface area contributed by atoms with E-state index < -0.39 is 0 Å². The molecule has 140 valence electrons. The molecule has 1 atom stereocenters. The van der Waals surface area contributed by atoms with Gasteiger partial charge in [-0.2, -0.15) is 0 Å². The number of rotatable bonds is 5. The predicted octanol–water partition coefficient (Wildman–Crippen LogP) is 5.01. The summed E-state index contributed by atoms with van der Waals surface area (Å²) in [6.45, 7) is 1.61. The maximum Gasteiger partial charge on any atom is 0.164 e. The Morgan fingerprint density at radius 1 is 1.07 bits per heavy atom. The Hall–Kier alpha value is -2.83. The lowest BCUT2D eigenvalue weighted by molar-refractivity contribution is 0.120. The van der Waals surface area contributed by atoms with Crippen molar-refractivity contribution in [3.8, 4) is 21.8 Å². The monoisotopic (exact) mass is 388 g/mol. The molecule has 0 spiro atoms. The zero-order valence-electron chi connectivity index (χ0n) is 15.3. The maximum absolute atomic E-state index is 5.76. The van der Waals surface area contributed by atoms with Gasteiger partial charge in [0.1, 0.15) is 10.6 Å². The first-order valence-corrected chi connectivity index (χ1v) is 10.3. The van der Waals surface area contributed by atoms with Crippen molar-refractivity contribution in [3.63, 3.8) is 0 Å². The number of thiophene rings is 1. The molecule has 1 aromatic carbocycles. The van der Waals surface area contributed by atoms with Gasteiger partial charge in [0.15, 0.2) is 5.82 Å². The van der Waals surface area contributed by atoms with Gasteiger partial charge < -0.3 is 10.1 Å². The minimum absolute atomic E-state index is 0.249. The summed E-state index contributed by atoms with van der Waals surface area (Å²) in [5.74, 6) is 1.55. The normalized spacial score (nSPS) is 16.5. The first-order chi connectivity index (χ1) is 13.9. The molecule has 1 aliphatic rings. The van der Waals surface area contributed by atoms with Crippen LogP contribution in [-0.4, -0.2) is 34.2 Å². The number of hydrogen-bond donors (Lipinski definition) is 1. The summed E-state index contributed by atoms with van der Waals surface area (Å²) < 4.78 is 5.76. The van der Waals surface area contributed by atoms with Gasteiger partial charge >= 0.3 is 0 Å². The van der Waals surface area contributed by atoms with Gasteiger partial charge in [-0.3, -0.25) is 4.98 Å². The largest absolute Gasteiger partial charge is 0.376 e. The van der Waals surface area contributed by atoms with Crippen LogP contribution in [0.4, 0.5) is 5.82 Å². The van der Waals surface area contributed by atoms with Crippen LogP contribution in [-0.2, 0) is 4.74 Å². The van der Waals surface area contributed by atoms with Gasteiger partial charge in [-0.15, -0.1) is 11.3 Å². The summed E-state index contributed by atoms with van der Waals surface area (Å²) >= 11 is 1.69. The predicted molar refractivity (Wildman–Crippen MR) is 114 cm³/mol. The Morgan fingerprint density at radius 2 is 1.96 bits per heavy atom.